The number of guanidine groups is 1. The molecule has 0 unspecified atom stereocenters. The zero-order valence-electron chi connectivity index (χ0n) is 18.0. The molecule has 2 heterocycles. The largest absolute Gasteiger partial charge is 0.487 e. The van der Waals surface area contributed by atoms with Crippen LogP contribution >= 0.6 is 24.0 Å². The number of benzene rings is 1. The molecule has 1 aromatic heterocycles. The summed E-state index contributed by atoms with van der Waals surface area (Å²) < 4.78 is 5.80. The molecule has 1 saturated heterocycles. The zero-order valence-corrected chi connectivity index (χ0v) is 20.3. The molecule has 3 rings (SSSR count). The molecule has 0 saturated carbocycles. The van der Waals surface area contributed by atoms with Gasteiger partial charge in [0.05, 0.1) is 5.69 Å². The number of nitrogens with zero attached hydrogens (tertiary/aromatic N) is 3. The van der Waals surface area contributed by atoms with Crippen molar-refractivity contribution < 1.29 is 4.74 Å². The number of piperidine rings is 1. The van der Waals surface area contributed by atoms with Gasteiger partial charge in [-0.25, -0.2) is 0 Å². The minimum Gasteiger partial charge on any atom is -0.487 e. The fourth-order valence-electron chi connectivity index (χ4n) is 3.54. The van der Waals surface area contributed by atoms with Crippen LogP contribution in [-0.4, -0.2) is 48.6 Å². The Kier molecular flexibility index (Phi) is 10.9. The molecule has 164 valence electrons. The molecular weight excluding hydrogens is 489 g/mol. The molecule has 2 N–H and O–H groups in total. The molecule has 0 bridgehead atoms. The van der Waals surface area contributed by atoms with E-state index in [1.54, 1.807) is 6.20 Å². The van der Waals surface area contributed by atoms with Gasteiger partial charge in [0.2, 0.25) is 0 Å². The van der Waals surface area contributed by atoms with Crippen LogP contribution in [0, 0.1) is 0 Å². The molecule has 0 radical (unpaired) electrons. The lowest BCUT2D eigenvalue weighted by Gasteiger charge is -2.32. The first kappa shape index (κ1) is 24.4. The van der Waals surface area contributed by atoms with E-state index in [2.05, 4.69) is 44.6 Å². The summed E-state index contributed by atoms with van der Waals surface area (Å²) in [6, 6.07) is 14.5. The van der Waals surface area contributed by atoms with Crippen molar-refractivity contribution in [3.63, 3.8) is 0 Å². The lowest BCUT2D eigenvalue weighted by atomic mass is 10.1. The van der Waals surface area contributed by atoms with Crippen LogP contribution in [0.15, 0.2) is 53.7 Å². The number of hydrogen-bond acceptors (Lipinski definition) is 4. The quantitative estimate of drug-likeness (QED) is 0.313. The van der Waals surface area contributed by atoms with Crippen molar-refractivity contribution in [1.29, 1.82) is 0 Å². The topological polar surface area (TPSA) is 61.8 Å². The van der Waals surface area contributed by atoms with Crippen molar-refractivity contribution in [3.05, 3.63) is 59.9 Å². The van der Waals surface area contributed by atoms with Gasteiger partial charge >= 0.3 is 0 Å². The van der Waals surface area contributed by atoms with Gasteiger partial charge in [0.25, 0.3) is 0 Å². The monoisotopic (exact) mass is 523 g/mol. The van der Waals surface area contributed by atoms with E-state index >= 15 is 0 Å². The summed E-state index contributed by atoms with van der Waals surface area (Å²) in [7, 11) is 1.83. The lowest BCUT2D eigenvalue weighted by molar-refractivity contribution is 0.206. The highest BCUT2D eigenvalue weighted by molar-refractivity contribution is 14.0. The fourth-order valence-corrected chi connectivity index (χ4v) is 3.54. The molecule has 6 nitrogen and oxygen atoms in total. The number of ether oxygens (including phenoxy) is 1. The Morgan fingerprint density at radius 3 is 2.57 bits per heavy atom. The van der Waals surface area contributed by atoms with E-state index in [0.29, 0.717) is 12.6 Å². The fraction of sp³-hybridized carbons (Fsp3) is 0.478. The summed E-state index contributed by atoms with van der Waals surface area (Å²) in [6.07, 6.45) is 5.35. The van der Waals surface area contributed by atoms with E-state index in [9.17, 15) is 0 Å². The first-order chi connectivity index (χ1) is 14.3. The molecule has 1 aromatic carbocycles. The zero-order chi connectivity index (χ0) is 20.3. The Bertz CT molecular complexity index is 746. The van der Waals surface area contributed by atoms with Gasteiger partial charge in [0, 0.05) is 38.9 Å². The highest BCUT2D eigenvalue weighted by atomic mass is 127. The number of halogens is 1. The van der Waals surface area contributed by atoms with Crippen LogP contribution in [0.5, 0.6) is 5.75 Å². The second kappa shape index (κ2) is 13.4. The van der Waals surface area contributed by atoms with Crippen LogP contribution in [0.25, 0.3) is 0 Å². The van der Waals surface area contributed by atoms with E-state index in [4.69, 9.17) is 4.74 Å². The van der Waals surface area contributed by atoms with Gasteiger partial charge in [-0.05, 0) is 55.6 Å². The molecule has 0 spiro atoms. The lowest BCUT2D eigenvalue weighted by Crippen LogP contribution is -2.48. The Labute approximate surface area is 197 Å². The third-order valence-electron chi connectivity index (χ3n) is 5.19. The predicted molar refractivity (Wildman–Crippen MR) is 134 cm³/mol. The van der Waals surface area contributed by atoms with Crippen LogP contribution < -0.4 is 15.4 Å². The standard InChI is InChI=1S/C23H33N5O.HI/c1-3-14-28-15-11-20(12-16-28)27-23(24-2)26-17-19-7-9-22(10-8-19)29-18-21-6-4-5-13-25-21;/h4-10,13,20H,3,11-12,14-18H2,1-2H3,(H2,24,26,27);1H. The number of nitrogens with one attached hydrogen (secondary N) is 2. The summed E-state index contributed by atoms with van der Waals surface area (Å²) in [6.45, 7) is 7.00. The maximum absolute atomic E-state index is 5.80. The summed E-state index contributed by atoms with van der Waals surface area (Å²) in [5.41, 5.74) is 2.12. The van der Waals surface area contributed by atoms with Gasteiger partial charge in [0.1, 0.15) is 12.4 Å². The summed E-state index contributed by atoms with van der Waals surface area (Å²) in [5.74, 6) is 1.72. The molecule has 0 atom stereocenters. The molecule has 0 aliphatic carbocycles. The van der Waals surface area contributed by atoms with Gasteiger partial charge < -0.3 is 20.3 Å². The highest BCUT2D eigenvalue weighted by Crippen LogP contribution is 2.14. The van der Waals surface area contributed by atoms with Gasteiger partial charge in [-0.3, -0.25) is 9.98 Å². The van der Waals surface area contributed by atoms with Crippen molar-refractivity contribution in [3.8, 4) is 5.75 Å². The number of rotatable bonds is 8. The smallest absolute Gasteiger partial charge is 0.191 e. The maximum atomic E-state index is 5.80. The molecule has 30 heavy (non-hydrogen) atoms. The first-order valence-electron chi connectivity index (χ1n) is 10.6. The minimum atomic E-state index is 0. The van der Waals surface area contributed by atoms with Crippen LogP contribution in [0.4, 0.5) is 0 Å². The van der Waals surface area contributed by atoms with Gasteiger partial charge in [0.15, 0.2) is 5.96 Å². The molecule has 1 aliphatic rings. The van der Waals surface area contributed by atoms with Gasteiger partial charge in [-0.2, -0.15) is 0 Å². The second-order valence-corrected chi connectivity index (χ2v) is 7.44. The normalized spacial score (nSPS) is 15.3. The molecule has 2 aromatic rings. The second-order valence-electron chi connectivity index (χ2n) is 7.44. The predicted octanol–water partition coefficient (Wildman–Crippen LogP) is 3.82. The molecule has 1 fully saturated rings. The van der Waals surface area contributed by atoms with E-state index < -0.39 is 0 Å². The Hall–Kier alpha value is -1.87. The number of likely N-dealkylation sites (tertiary alicyclic amines) is 1. The molecule has 7 heteroatoms. The minimum absolute atomic E-state index is 0. The molecular formula is C23H34IN5O. The number of aliphatic imine (C=N–C) groups is 1. The number of pyridine rings is 1. The van der Waals surface area contributed by atoms with Crippen molar-refractivity contribution >= 4 is 29.9 Å². The van der Waals surface area contributed by atoms with E-state index in [-0.39, 0.29) is 24.0 Å². The summed E-state index contributed by atoms with van der Waals surface area (Å²) >= 11 is 0. The average Bonchev–Trinajstić information content (AvgIpc) is 2.78. The van der Waals surface area contributed by atoms with Crippen LogP contribution in [-0.2, 0) is 13.2 Å². The van der Waals surface area contributed by atoms with Crippen molar-refractivity contribution in [2.24, 2.45) is 4.99 Å². The van der Waals surface area contributed by atoms with Crippen LogP contribution in [0.2, 0.25) is 0 Å². The first-order valence-corrected chi connectivity index (χ1v) is 10.6. The maximum Gasteiger partial charge on any atom is 0.191 e. The van der Waals surface area contributed by atoms with Crippen LogP contribution in [0.1, 0.15) is 37.4 Å². The Morgan fingerprint density at radius 2 is 1.93 bits per heavy atom. The van der Waals surface area contributed by atoms with E-state index in [1.807, 2.05) is 37.4 Å². The van der Waals surface area contributed by atoms with Gasteiger partial charge in [-0.1, -0.05) is 25.1 Å². The number of hydrogen-bond donors (Lipinski definition) is 2. The van der Waals surface area contributed by atoms with E-state index in [0.717, 1.165) is 23.9 Å². The Morgan fingerprint density at radius 1 is 1.17 bits per heavy atom. The third kappa shape index (κ3) is 8.10. The SMILES string of the molecule is CCCN1CCC(NC(=NC)NCc2ccc(OCc3ccccn3)cc2)CC1.I. The summed E-state index contributed by atoms with van der Waals surface area (Å²) in [4.78, 5) is 11.2. The van der Waals surface area contributed by atoms with Crippen molar-refractivity contribution in [2.75, 3.05) is 26.7 Å². The molecule has 0 amide bonds. The summed E-state index contributed by atoms with van der Waals surface area (Å²) in [5, 5.41) is 6.99. The third-order valence-corrected chi connectivity index (χ3v) is 5.19. The van der Waals surface area contributed by atoms with E-state index in [1.165, 1.54) is 44.5 Å². The van der Waals surface area contributed by atoms with Crippen LogP contribution in [0.3, 0.4) is 0 Å². The average molecular weight is 523 g/mol. The Balaban J connectivity index is 0.00000320. The van der Waals surface area contributed by atoms with Crippen molar-refractivity contribution in [1.82, 2.24) is 20.5 Å². The number of aromatic nitrogens is 1. The highest BCUT2D eigenvalue weighted by Gasteiger charge is 2.19. The molecule has 1 aliphatic heterocycles. The van der Waals surface area contributed by atoms with Gasteiger partial charge in [-0.15, -0.1) is 24.0 Å². The van der Waals surface area contributed by atoms with Crippen molar-refractivity contribution in [2.45, 2.75) is 45.4 Å².